The van der Waals surface area contributed by atoms with Crippen LogP contribution >= 0.6 is 0 Å². The second-order valence-electron chi connectivity index (χ2n) is 5.59. The summed E-state index contributed by atoms with van der Waals surface area (Å²) in [5.41, 5.74) is 3.44. The lowest BCUT2D eigenvalue weighted by atomic mass is 9.97. The Morgan fingerprint density at radius 3 is 2.27 bits per heavy atom. The largest absolute Gasteiger partial charge is 0.366 e. The van der Waals surface area contributed by atoms with E-state index in [2.05, 4.69) is 37.3 Å². The molecule has 3 nitrogen and oxygen atoms in total. The maximum absolute atomic E-state index is 9.23. The number of ether oxygens (including phenoxy) is 1. The average Bonchev–Trinajstić information content (AvgIpc) is 2.53. The number of hydrogen-bond donors (Lipinski definition) is 0. The quantitative estimate of drug-likeness (QED) is 0.817. The molecule has 0 saturated heterocycles. The molecule has 0 bridgehead atoms. The molecule has 0 spiro atoms. The first-order valence-electron chi connectivity index (χ1n) is 7.41. The zero-order valence-corrected chi connectivity index (χ0v) is 13.4. The molecular weight excluding hydrogens is 272 g/mol. The van der Waals surface area contributed by atoms with Gasteiger partial charge in [-0.25, -0.2) is 0 Å². The molecule has 0 aromatic heterocycles. The van der Waals surface area contributed by atoms with Crippen LogP contribution < -0.4 is 0 Å². The molecule has 0 radical (unpaired) electrons. The van der Waals surface area contributed by atoms with Crippen LogP contribution in [0.2, 0.25) is 0 Å². The van der Waals surface area contributed by atoms with Crippen molar-refractivity contribution in [2.24, 2.45) is 0 Å². The Kier molecular flexibility index (Phi) is 5.71. The summed E-state index contributed by atoms with van der Waals surface area (Å²) in [4.78, 5) is 1.87. The van der Waals surface area contributed by atoms with Gasteiger partial charge in [0.05, 0.1) is 12.7 Å². The van der Waals surface area contributed by atoms with Gasteiger partial charge >= 0.3 is 0 Å². The van der Waals surface area contributed by atoms with Gasteiger partial charge in [-0.15, -0.1) is 0 Å². The van der Waals surface area contributed by atoms with Gasteiger partial charge in [0, 0.05) is 0 Å². The maximum atomic E-state index is 9.23. The Morgan fingerprint density at radius 1 is 1.05 bits per heavy atom. The molecule has 2 aromatic carbocycles. The number of hydrogen-bond acceptors (Lipinski definition) is 3. The Labute approximate surface area is 132 Å². The number of rotatable bonds is 6. The lowest BCUT2D eigenvalue weighted by Crippen LogP contribution is -2.31. The summed E-state index contributed by atoms with van der Waals surface area (Å²) >= 11 is 0. The molecular formula is C19H22N2O. The summed E-state index contributed by atoms with van der Waals surface area (Å²) in [6, 6.07) is 20.4. The second kappa shape index (κ2) is 7.74. The predicted molar refractivity (Wildman–Crippen MR) is 88.5 cm³/mol. The molecule has 2 rings (SSSR count). The molecule has 0 fully saturated rings. The summed E-state index contributed by atoms with van der Waals surface area (Å²) in [5.74, 6) is 0. The molecule has 2 unspecified atom stereocenters. The summed E-state index contributed by atoms with van der Waals surface area (Å²) < 4.78 is 6.15. The third-order valence-corrected chi connectivity index (χ3v) is 3.77. The van der Waals surface area contributed by atoms with Crippen LogP contribution in [0, 0.1) is 18.3 Å². The first-order chi connectivity index (χ1) is 10.6. The monoisotopic (exact) mass is 294 g/mol. The van der Waals surface area contributed by atoms with Crippen LogP contribution in [0.4, 0.5) is 0 Å². The lowest BCUT2D eigenvalue weighted by molar-refractivity contribution is 0.0527. The fourth-order valence-corrected chi connectivity index (χ4v) is 2.36. The highest BCUT2D eigenvalue weighted by molar-refractivity contribution is 5.35. The van der Waals surface area contributed by atoms with Gasteiger partial charge in [0.2, 0.25) is 0 Å². The highest BCUT2D eigenvalue weighted by atomic mass is 16.5. The molecule has 2 aromatic rings. The van der Waals surface area contributed by atoms with Crippen molar-refractivity contribution in [3.8, 4) is 6.07 Å². The van der Waals surface area contributed by atoms with E-state index >= 15 is 0 Å². The molecule has 0 heterocycles. The molecule has 0 aliphatic heterocycles. The third-order valence-electron chi connectivity index (χ3n) is 3.77. The van der Waals surface area contributed by atoms with Gasteiger partial charge in [0.15, 0.2) is 0 Å². The van der Waals surface area contributed by atoms with E-state index in [1.807, 2.05) is 49.3 Å². The molecule has 114 valence electrons. The normalized spacial score (nSPS) is 13.6. The third kappa shape index (κ3) is 3.94. The fourth-order valence-electron chi connectivity index (χ4n) is 2.36. The fraction of sp³-hybridized carbons (Fsp3) is 0.316. The van der Waals surface area contributed by atoms with Crippen molar-refractivity contribution in [1.82, 2.24) is 4.90 Å². The van der Waals surface area contributed by atoms with Crippen LogP contribution in [0.25, 0.3) is 0 Å². The number of nitrogens with zero attached hydrogens (tertiary/aromatic N) is 2. The molecule has 0 aliphatic rings. The zero-order chi connectivity index (χ0) is 15.9. The van der Waals surface area contributed by atoms with Crippen molar-refractivity contribution in [2.45, 2.75) is 19.1 Å². The van der Waals surface area contributed by atoms with Crippen molar-refractivity contribution in [2.75, 3.05) is 20.7 Å². The van der Waals surface area contributed by atoms with E-state index in [4.69, 9.17) is 4.74 Å². The van der Waals surface area contributed by atoms with Crippen molar-refractivity contribution >= 4 is 0 Å². The number of benzene rings is 2. The molecule has 0 amide bonds. The zero-order valence-electron chi connectivity index (χ0n) is 13.4. The van der Waals surface area contributed by atoms with Crippen LogP contribution in [0.1, 0.15) is 22.8 Å². The lowest BCUT2D eigenvalue weighted by Gasteiger charge is -2.24. The number of likely N-dealkylation sites (N-methyl/N-ethyl adjacent to an activating group) is 1. The number of aryl methyl sites for hydroxylation is 1. The van der Waals surface area contributed by atoms with E-state index in [1.165, 1.54) is 5.56 Å². The Hall–Kier alpha value is -2.15. The van der Waals surface area contributed by atoms with E-state index < -0.39 is 0 Å². The second-order valence-corrected chi connectivity index (χ2v) is 5.59. The smallest absolute Gasteiger partial charge is 0.121 e. The van der Waals surface area contributed by atoms with Crippen LogP contribution in [-0.4, -0.2) is 31.6 Å². The summed E-state index contributed by atoms with van der Waals surface area (Å²) in [6.45, 7) is 2.46. The Bertz CT molecular complexity index is 631. The minimum absolute atomic E-state index is 0.154. The van der Waals surface area contributed by atoms with E-state index in [0.29, 0.717) is 6.61 Å². The topological polar surface area (TPSA) is 36.3 Å². The van der Waals surface area contributed by atoms with Gasteiger partial charge in [-0.05, 0) is 37.7 Å². The molecule has 22 heavy (non-hydrogen) atoms. The summed E-state index contributed by atoms with van der Waals surface area (Å²) in [5, 5.41) is 9.23. The summed E-state index contributed by atoms with van der Waals surface area (Å²) in [6.07, 6.45) is -0.154. The minimum atomic E-state index is -0.254. The van der Waals surface area contributed by atoms with Crippen LogP contribution in [-0.2, 0) is 4.74 Å². The standard InChI is InChI=1S/C19H22N2O/c1-15-9-7-8-12-18(15)19(16-10-5-4-6-11-16)22-14-17(13-20)21(2)3/h4-12,17,19H,14H2,1-3H3. The predicted octanol–water partition coefficient (Wildman–Crippen LogP) is 3.55. The molecule has 0 N–H and O–H groups in total. The van der Waals surface area contributed by atoms with E-state index in [9.17, 15) is 5.26 Å². The van der Waals surface area contributed by atoms with Crippen molar-refractivity contribution < 1.29 is 4.74 Å². The van der Waals surface area contributed by atoms with Crippen molar-refractivity contribution in [1.29, 1.82) is 5.26 Å². The number of nitriles is 1. The Morgan fingerprint density at radius 2 is 1.68 bits per heavy atom. The minimum Gasteiger partial charge on any atom is -0.366 e. The van der Waals surface area contributed by atoms with E-state index in [-0.39, 0.29) is 12.1 Å². The van der Waals surface area contributed by atoms with Crippen LogP contribution in [0.3, 0.4) is 0 Å². The van der Waals surface area contributed by atoms with E-state index in [1.54, 1.807) is 0 Å². The van der Waals surface area contributed by atoms with Gasteiger partial charge < -0.3 is 4.74 Å². The van der Waals surface area contributed by atoms with Gasteiger partial charge in [-0.1, -0.05) is 54.6 Å². The van der Waals surface area contributed by atoms with Crippen LogP contribution in [0.15, 0.2) is 54.6 Å². The van der Waals surface area contributed by atoms with Gasteiger partial charge in [0.1, 0.15) is 12.1 Å². The van der Waals surface area contributed by atoms with Gasteiger partial charge in [-0.2, -0.15) is 5.26 Å². The highest BCUT2D eigenvalue weighted by Crippen LogP contribution is 2.28. The first-order valence-corrected chi connectivity index (χ1v) is 7.41. The van der Waals surface area contributed by atoms with Crippen LogP contribution in [0.5, 0.6) is 0 Å². The van der Waals surface area contributed by atoms with E-state index in [0.717, 1.165) is 11.1 Å². The molecule has 3 heteroatoms. The maximum Gasteiger partial charge on any atom is 0.121 e. The molecule has 0 aliphatic carbocycles. The highest BCUT2D eigenvalue weighted by Gasteiger charge is 2.19. The average molecular weight is 294 g/mol. The van der Waals surface area contributed by atoms with Crippen molar-refractivity contribution in [3.63, 3.8) is 0 Å². The first kappa shape index (κ1) is 16.2. The van der Waals surface area contributed by atoms with Gasteiger partial charge in [-0.3, -0.25) is 4.90 Å². The molecule has 0 saturated carbocycles. The molecule has 2 atom stereocenters. The SMILES string of the molecule is Cc1ccccc1C(OCC(C#N)N(C)C)c1ccccc1. The Balaban J connectivity index is 2.28. The van der Waals surface area contributed by atoms with Crippen molar-refractivity contribution in [3.05, 3.63) is 71.3 Å². The van der Waals surface area contributed by atoms with Gasteiger partial charge in [0.25, 0.3) is 0 Å². The summed E-state index contributed by atoms with van der Waals surface area (Å²) in [7, 11) is 3.78.